The lowest BCUT2D eigenvalue weighted by atomic mass is 10.2. The van der Waals surface area contributed by atoms with Gasteiger partial charge in [-0.2, -0.15) is 0 Å². The number of carbonyl (C=O) groups excluding carboxylic acids is 1. The first-order chi connectivity index (χ1) is 9.97. The van der Waals surface area contributed by atoms with Crippen molar-refractivity contribution >= 4 is 22.8 Å². The number of aliphatic carboxylic acids is 1. The third-order valence-corrected chi connectivity index (χ3v) is 3.09. The van der Waals surface area contributed by atoms with Gasteiger partial charge in [-0.05, 0) is 19.1 Å². The zero-order valence-electron chi connectivity index (χ0n) is 11.6. The molecule has 1 heterocycles. The average Bonchev–Trinajstić information content (AvgIpc) is 2.41. The molecule has 0 fully saturated rings. The number of fused-ring (bicyclic) bond motifs is 1. The van der Waals surface area contributed by atoms with E-state index in [1.807, 2.05) is 0 Å². The molecule has 2 N–H and O–H groups in total. The summed E-state index contributed by atoms with van der Waals surface area (Å²) in [6.07, 6.45) is 1.43. The van der Waals surface area contributed by atoms with Crippen LogP contribution in [0.15, 0.2) is 41.3 Å². The summed E-state index contributed by atoms with van der Waals surface area (Å²) in [6, 6.07) is 8.01. The van der Waals surface area contributed by atoms with Gasteiger partial charge in [-0.3, -0.25) is 14.4 Å². The van der Waals surface area contributed by atoms with Gasteiger partial charge in [-0.25, -0.2) is 0 Å². The van der Waals surface area contributed by atoms with Gasteiger partial charge < -0.3 is 15.0 Å². The number of pyridine rings is 1. The molecule has 0 spiro atoms. The fourth-order valence-electron chi connectivity index (χ4n) is 2.19. The number of carboxylic acid groups (broad SMARTS) is 1. The highest BCUT2D eigenvalue weighted by Gasteiger charge is 2.12. The van der Waals surface area contributed by atoms with E-state index in [4.69, 9.17) is 5.11 Å². The Morgan fingerprint density at radius 3 is 2.71 bits per heavy atom. The number of carbonyl (C=O) groups is 2. The molecule has 0 aliphatic carbocycles. The van der Waals surface area contributed by atoms with Gasteiger partial charge in [0.2, 0.25) is 5.91 Å². The minimum absolute atomic E-state index is 0.0325. The van der Waals surface area contributed by atoms with Gasteiger partial charge in [0.1, 0.15) is 6.54 Å². The molecule has 0 aliphatic rings. The molecule has 21 heavy (non-hydrogen) atoms. The van der Waals surface area contributed by atoms with E-state index in [-0.39, 0.29) is 24.3 Å². The van der Waals surface area contributed by atoms with Crippen molar-refractivity contribution in [2.75, 3.05) is 0 Å². The summed E-state index contributed by atoms with van der Waals surface area (Å²) in [5.74, 6) is -1.26. The number of nitrogens with one attached hydrogen (secondary N) is 1. The number of hydrogen-bond acceptors (Lipinski definition) is 3. The zero-order chi connectivity index (χ0) is 15.4. The standard InChI is InChI=1S/C15H16N2O4/c1-10(8-15(20)21)16-14(19)9-17-7-6-13(18)11-4-2-3-5-12(11)17/h2-7,10H,8-9H2,1H3,(H,16,19)(H,20,21). The molecule has 2 rings (SSSR count). The summed E-state index contributed by atoms with van der Waals surface area (Å²) in [5.41, 5.74) is 0.576. The van der Waals surface area contributed by atoms with Crippen LogP contribution in [-0.2, 0) is 16.1 Å². The van der Waals surface area contributed by atoms with Gasteiger partial charge in [-0.15, -0.1) is 0 Å². The van der Waals surface area contributed by atoms with E-state index in [1.54, 1.807) is 42.0 Å². The lowest BCUT2D eigenvalue weighted by molar-refractivity contribution is -0.137. The van der Waals surface area contributed by atoms with Crippen molar-refractivity contribution in [1.82, 2.24) is 9.88 Å². The maximum Gasteiger partial charge on any atom is 0.305 e. The van der Waals surface area contributed by atoms with E-state index >= 15 is 0 Å². The maximum absolute atomic E-state index is 11.9. The molecule has 0 saturated heterocycles. The van der Waals surface area contributed by atoms with Crippen molar-refractivity contribution in [2.24, 2.45) is 0 Å². The van der Waals surface area contributed by atoms with Crippen LogP contribution in [0.25, 0.3) is 10.9 Å². The van der Waals surface area contributed by atoms with Gasteiger partial charge >= 0.3 is 5.97 Å². The number of amides is 1. The molecule has 2 aromatic rings. The number of nitrogens with zero attached hydrogens (tertiary/aromatic N) is 1. The Bertz CT molecular complexity index is 736. The topological polar surface area (TPSA) is 88.4 Å². The molecule has 1 amide bonds. The van der Waals surface area contributed by atoms with Crippen LogP contribution in [0.2, 0.25) is 0 Å². The molecule has 0 bridgehead atoms. The summed E-state index contributed by atoms with van der Waals surface area (Å²) >= 11 is 0. The van der Waals surface area contributed by atoms with Crippen molar-refractivity contribution in [2.45, 2.75) is 25.9 Å². The predicted octanol–water partition coefficient (Wildman–Crippen LogP) is 0.981. The molecule has 6 heteroatoms. The lowest BCUT2D eigenvalue weighted by Gasteiger charge is -2.14. The molecule has 0 saturated carbocycles. The fourth-order valence-corrected chi connectivity index (χ4v) is 2.19. The van der Waals surface area contributed by atoms with Crippen molar-refractivity contribution < 1.29 is 14.7 Å². The summed E-state index contributed by atoms with van der Waals surface area (Å²) in [5, 5.41) is 11.8. The summed E-state index contributed by atoms with van der Waals surface area (Å²) < 4.78 is 1.67. The SMILES string of the molecule is CC(CC(=O)O)NC(=O)Cn1ccc(=O)c2ccccc21. The Labute approximate surface area is 121 Å². The molecule has 0 radical (unpaired) electrons. The predicted molar refractivity (Wildman–Crippen MR) is 78.1 cm³/mol. The number of rotatable bonds is 5. The minimum Gasteiger partial charge on any atom is -0.481 e. The monoisotopic (exact) mass is 288 g/mol. The summed E-state index contributed by atoms with van der Waals surface area (Å²) in [7, 11) is 0. The molecule has 1 aromatic carbocycles. The quantitative estimate of drug-likeness (QED) is 0.858. The molecule has 0 aliphatic heterocycles. The average molecular weight is 288 g/mol. The van der Waals surface area contributed by atoms with Gasteiger partial charge in [0.25, 0.3) is 0 Å². The first-order valence-corrected chi connectivity index (χ1v) is 6.56. The van der Waals surface area contributed by atoms with E-state index < -0.39 is 12.0 Å². The third-order valence-electron chi connectivity index (χ3n) is 3.09. The summed E-state index contributed by atoms with van der Waals surface area (Å²) in [6.45, 7) is 1.67. The largest absolute Gasteiger partial charge is 0.481 e. The molecular weight excluding hydrogens is 272 g/mol. The molecule has 1 aromatic heterocycles. The Morgan fingerprint density at radius 1 is 1.29 bits per heavy atom. The van der Waals surface area contributed by atoms with Crippen molar-refractivity contribution in [3.05, 3.63) is 46.8 Å². The van der Waals surface area contributed by atoms with Gasteiger partial charge in [0, 0.05) is 23.7 Å². The fraction of sp³-hybridized carbons (Fsp3) is 0.267. The van der Waals surface area contributed by atoms with Crippen LogP contribution >= 0.6 is 0 Å². The Kier molecular flexibility index (Phi) is 4.37. The highest BCUT2D eigenvalue weighted by molar-refractivity contribution is 5.82. The van der Waals surface area contributed by atoms with E-state index in [0.717, 1.165) is 0 Å². The van der Waals surface area contributed by atoms with Crippen LogP contribution in [0.1, 0.15) is 13.3 Å². The number of hydrogen-bond donors (Lipinski definition) is 2. The molecule has 110 valence electrons. The van der Waals surface area contributed by atoms with Crippen molar-refractivity contribution in [1.29, 1.82) is 0 Å². The molecule has 1 unspecified atom stereocenters. The second kappa shape index (κ2) is 6.21. The van der Waals surface area contributed by atoms with Gasteiger partial charge in [-0.1, -0.05) is 12.1 Å². The second-order valence-electron chi connectivity index (χ2n) is 4.89. The van der Waals surface area contributed by atoms with Crippen LogP contribution in [0, 0.1) is 0 Å². The third kappa shape index (κ3) is 3.68. The highest BCUT2D eigenvalue weighted by atomic mass is 16.4. The van der Waals surface area contributed by atoms with Crippen LogP contribution in [0.3, 0.4) is 0 Å². The number of carboxylic acids is 1. The minimum atomic E-state index is -0.961. The number of para-hydroxylation sites is 1. The van der Waals surface area contributed by atoms with E-state index in [1.165, 1.54) is 6.07 Å². The van der Waals surface area contributed by atoms with Gasteiger partial charge in [0.15, 0.2) is 5.43 Å². The second-order valence-corrected chi connectivity index (χ2v) is 4.89. The Morgan fingerprint density at radius 2 is 2.00 bits per heavy atom. The zero-order valence-corrected chi connectivity index (χ0v) is 11.6. The highest BCUT2D eigenvalue weighted by Crippen LogP contribution is 2.09. The van der Waals surface area contributed by atoms with Crippen LogP contribution < -0.4 is 10.7 Å². The smallest absolute Gasteiger partial charge is 0.305 e. The molecule has 1 atom stereocenters. The van der Waals surface area contributed by atoms with E-state index in [2.05, 4.69) is 5.32 Å². The first kappa shape index (κ1) is 14.8. The number of benzene rings is 1. The van der Waals surface area contributed by atoms with Gasteiger partial charge in [0.05, 0.1) is 11.9 Å². The maximum atomic E-state index is 11.9. The first-order valence-electron chi connectivity index (χ1n) is 6.56. The molecular formula is C15H16N2O4. The van der Waals surface area contributed by atoms with Crippen LogP contribution in [0.4, 0.5) is 0 Å². The normalized spacial score (nSPS) is 12.0. The van der Waals surface area contributed by atoms with Crippen molar-refractivity contribution in [3.63, 3.8) is 0 Å². The lowest BCUT2D eigenvalue weighted by Crippen LogP contribution is -2.36. The van der Waals surface area contributed by atoms with Crippen LogP contribution in [0.5, 0.6) is 0 Å². The molecule has 6 nitrogen and oxygen atoms in total. The van der Waals surface area contributed by atoms with E-state index in [0.29, 0.717) is 10.9 Å². The Hall–Kier alpha value is -2.63. The summed E-state index contributed by atoms with van der Waals surface area (Å²) in [4.78, 5) is 34.2. The number of aromatic nitrogens is 1. The van der Waals surface area contributed by atoms with E-state index in [9.17, 15) is 14.4 Å². The van der Waals surface area contributed by atoms with Crippen LogP contribution in [-0.4, -0.2) is 27.6 Å². The van der Waals surface area contributed by atoms with Crippen molar-refractivity contribution in [3.8, 4) is 0 Å². The Balaban J connectivity index is 2.17.